The van der Waals surface area contributed by atoms with Crippen LogP contribution in [0.3, 0.4) is 0 Å². The van der Waals surface area contributed by atoms with E-state index in [1.54, 1.807) is 18.2 Å². The van der Waals surface area contributed by atoms with Crippen molar-refractivity contribution in [2.45, 2.75) is 12.5 Å². The summed E-state index contributed by atoms with van der Waals surface area (Å²) < 4.78 is 0. The Balaban J connectivity index is 1.75. The second kappa shape index (κ2) is 7.48. The molecule has 28 heavy (non-hydrogen) atoms. The van der Waals surface area contributed by atoms with Crippen LogP contribution in [0.5, 0.6) is 0 Å². The molecule has 0 aliphatic carbocycles. The minimum absolute atomic E-state index is 0.176. The van der Waals surface area contributed by atoms with Crippen LogP contribution in [-0.4, -0.2) is 28.0 Å². The number of hydrogen-bond acceptors (Lipinski definition) is 3. The molecule has 1 amide bonds. The van der Waals surface area contributed by atoms with Gasteiger partial charge in [-0.25, -0.2) is 4.79 Å². The van der Waals surface area contributed by atoms with Gasteiger partial charge in [0.15, 0.2) is 0 Å². The summed E-state index contributed by atoms with van der Waals surface area (Å²) in [5.74, 6) is -1.58. The van der Waals surface area contributed by atoms with E-state index in [1.807, 2.05) is 48.5 Å². The first-order valence-electron chi connectivity index (χ1n) is 8.97. The lowest BCUT2D eigenvalue weighted by atomic mass is 9.92. The number of carboxylic acids is 1. The topological polar surface area (TPSA) is 79.3 Å². The Labute approximate surface area is 161 Å². The van der Waals surface area contributed by atoms with Crippen LogP contribution in [0.4, 0.5) is 0 Å². The van der Waals surface area contributed by atoms with Gasteiger partial charge in [0.05, 0.1) is 0 Å². The van der Waals surface area contributed by atoms with E-state index in [0.29, 0.717) is 0 Å². The van der Waals surface area contributed by atoms with E-state index in [1.165, 1.54) is 6.20 Å². The number of hydrogen-bond donors (Lipinski definition) is 2. The monoisotopic (exact) mass is 370 g/mol. The zero-order chi connectivity index (χ0) is 19.5. The van der Waals surface area contributed by atoms with Crippen molar-refractivity contribution in [3.05, 3.63) is 90.3 Å². The van der Waals surface area contributed by atoms with Crippen LogP contribution in [0.1, 0.15) is 16.1 Å². The molecule has 0 bridgehead atoms. The number of nitrogens with one attached hydrogen (secondary N) is 1. The summed E-state index contributed by atoms with van der Waals surface area (Å²) in [6.07, 6.45) is 1.68. The zero-order valence-corrected chi connectivity index (χ0v) is 15.0. The molecule has 0 saturated heterocycles. The minimum Gasteiger partial charge on any atom is -0.480 e. The van der Waals surface area contributed by atoms with Gasteiger partial charge in [0, 0.05) is 12.6 Å². The van der Waals surface area contributed by atoms with Crippen LogP contribution in [-0.2, 0) is 11.2 Å². The normalized spacial score (nSPS) is 12.0. The molecule has 0 aliphatic heterocycles. The average Bonchev–Trinajstić information content (AvgIpc) is 2.73. The maximum atomic E-state index is 12.4. The highest BCUT2D eigenvalue weighted by molar-refractivity contribution is 6.03. The van der Waals surface area contributed by atoms with Crippen molar-refractivity contribution < 1.29 is 14.7 Å². The number of carboxylic acid groups (broad SMARTS) is 1. The van der Waals surface area contributed by atoms with Gasteiger partial charge in [-0.15, -0.1) is 0 Å². The van der Waals surface area contributed by atoms with Crippen molar-refractivity contribution in [3.8, 4) is 0 Å². The summed E-state index contributed by atoms with van der Waals surface area (Å²) in [6, 6.07) is 21.7. The van der Waals surface area contributed by atoms with Crippen LogP contribution in [0.25, 0.3) is 21.5 Å². The molecule has 4 rings (SSSR count). The van der Waals surface area contributed by atoms with Crippen LogP contribution in [0, 0.1) is 0 Å². The molecule has 0 fully saturated rings. The average molecular weight is 370 g/mol. The van der Waals surface area contributed by atoms with E-state index < -0.39 is 17.9 Å². The molecule has 1 heterocycles. The standard InChI is InChI=1S/C23H18N2O3/c26-22(20-11-5-6-12-24-20)25-21(23(27)28)14-19-17-9-3-1-7-15(17)13-16-8-2-4-10-18(16)19/h1-13,21H,14H2,(H,25,26)(H,27,28)/t21-/m0/s1. The third-order valence-electron chi connectivity index (χ3n) is 4.79. The van der Waals surface area contributed by atoms with E-state index in [-0.39, 0.29) is 12.1 Å². The largest absolute Gasteiger partial charge is 0.480 e. The van der Waals surface area contributed by atoms with Crippen LogP contribution in [0.15, 0.2) is 79.0 Å². The predicted molar refractivity (Wildman–Crippen MR) is 108 cm³/mol. The fourth-order valence-electron chi connectivity index (χ4n) is 3.46. The molecule has 0 unspecified atom stereocenters. The molecule has 5 nitrogen and oxygen atoms in total. The Morgan fingerprint density at radius 3 is 2.07 bits per heavy atom. The Morgan fingerprint density at radius 1 is 0.893 bits per heavy atom. The molecule has 0 saturated carbocycles. The molecule has 138 valence electrons. The second-order valence-corrected chi connectivity index (χ2v) is 6.58. The number of benzene rings is 3. The number of fused-ring (bicyclic) bond motifs is 2. The van der Waals surface area contributed by atoms with Gasteiger partial charge in [-0.3, -0.25) is 9.78 Å². The summed E-state index contributed by atoms with van der Waals surface area (Å²) in [5.41, 5.74) is 1.10. The van der Waals surface area contributed by atoms with Crippen LogP contribution < -0.4 is 5.32 Å². The third kappa shape index (κ3) is 3.42. The van der Waals surface area contributed by atoms with E-state index >= 15 is 0 Å². The summed E-state index contributed by atoms with van der Waals surface area (Å²) >= 11 is 0. The maximum absolute atomic E-state index is 12.4. The Hall–Kier alpha value is -3.73. The summed E-state index contributed by atoms with van der Waals surface area (Å²) in [7, 11) is 0. The van der Waals surface area contributed by atoms with Gasteiger partial charge in [-0.2, -0.15) is 0 Å². The van der Waals surface area contributed by atoms with Gasteiger partial charge < -0.3 is 10.4 Å². The van der Waals surface area contributed by atoms with Crippen molar-refractivity contribution in [2.75, 3.05) is 0 Å². The molecule has 2 N–H and O–H groups in total. The first-order valence-corrected chi connectivity index (χ1v) is 8.97. The van der Waals surface area contributed by atoms with Gasteiger partial charge in [-0.05, 0) is 45.3 Å². The predicted octanol–water partition coefficient (Wildman–Crippen LogP) is 3.81. The molecular formula is C23H18N2O3. The highest BCUT2D eigenvalue weighted by atomic mass is 16.4. The van der Waals surface area contributed by atoms with Crippen molar-refractivity contribution in [1.82, 2.24) is 10.3 Å². The smallest absolute Gasteiger partial charge is 0.326 e. The number of rotatable bonds is 5. The Bertz CT molecular complexity index is 1120. The highest BCUT2D eigenvalue weighted by Crippen LogP contribution is 2.29. The van der Waals surface area contributed by atoms with Crippen LogP contribution in [0.2, 0.25) is 0 Å². The first-order chi connectivity index (χ1) is 13.6. The Kier molecular flexibility index (Phi) is 4.72. The van der Waals surface area contributed by atoms with Gasteiger partial charge in [0.25, 0.3) is 5.91 Å². The molecule has 3 aromatic carbocycles. The SMILES string of the molecule is O=C(N[C@@H](Cc1c2ccccc2cc2ccccc12)C(=O)O)c1ccccn1. The van der Waals surface area contributed by atoms with Crippen LogP contribution >= 0.6 is 0 Å². The summed E-state index contributed by atoms with van der Waals surface area (Å²) in [6.45, 7) is 0. The van der Waals surface area contributed by atoms with Gasteiger partial charge in [0.2, 0.25) is 0 Å². The Morgan fingerprint density at radius 2 is 1.50 bits per heavy atom. The molecule has 0 radical (unpaired) electrons. The van der Waals surface area contributed by atoms with Crippen molar-refractivity contribution in [3.63, 3.8) is 0 Å². The van der Waals surface area contributed by atoms with Gasteiger partial charge in [0.1, 0.15) is 11.7 Å². The molecule has 1 aromatic heterocycles. The molecule has 1 atom stereocenters. The number of aliphatic carboxylic acids is 1. The fourth-order valence-corrected chi connectivity index (χ4v) is 3.46. The van der Waals surface area contributed by atoms with Gasteiger partial charge in [-0.1, -0.05) is 54.6 Å². The van der Waals surface area contributed by atoms with Gasteiger partial charge >= 0.3 is 5.97 Å². The van der Waals surface area contributed by atoms with Crippen molar-refractivity contribution in [1.29, 1.82) is 0 Å². The van der Waals surface area contributed by atoms with E-state index in [9.17, 15) is 14.7 Å². The number of carbonyl (C=O) groups excluding carboxylic acids is 1. The minimum atomic E-state index is -1.08. The molecule has 4 aromatic rings. The lowest BCUT2D eigenvalue weighted by molar-refractivity contribution is -0.139. The molecular weight excluding hydrogens is 352 g/mol. The molecule has 0 aliphatic rings. The van der Waals surface area contributed by atoms with Crippen molar-refractivity contribution in [2.24, 2.45) is 0 Å². The number of amides is 1. The lowest BCUT2D eigenvalue weighted by Gasteiger charge is -2.18. The van der Waals surface area contributed by atoms with Crippen molar-refractivity contribution >= 4 is 33.4 Å². The number of carbonyl (C=O) groups is 2. The summed E-state index contributed by atoms with van der Waals surface area (Å²) in [5, 5.41) is 16.4. The van der Waals surface area contributed by atoms with E-state index in [2.05, 4.69) is 16.4 Å². The summed E-state index contributed by atoms with van der Waals surface area (Å²) in [4.78, 5) is 28.3. The highest BCUT2D eigenvalue weighted by Gasteiger charge is 2.23. The second-order valence-electron chi connectivity index (χ2n) is 6.58. The number of nitrogens with zero attached hydrogens (tertiary/aromatic N) is 1. The zero-order valence-electron chi connectivity index (χ0n) is 15.0. The first kappa shape index (κ1) is 17.7. The lowest BCUT2D eigenvalue weighted by Crippen LogP contribution is -2.42. The fraction of sp³-hybridized carbons (Fsp3) is 0.0870. The molecule has 0 spiro atoms. The maximum Gasteiger partial charge on any atom is 0.326 e. The molecule has 5 heteroatoms. The van der Waals surface area contributed by atoms with E-state index in [4.69, 9.17) is 0 Å². The number of aromatic nitrogens is 1. The third-order valence-corrected chi connectivity index (χ3v) is 4.79. The number of pyridine rings is 1. The quantitative estimate of drug-likeness (QED) is 0.524. The van der Waals surface area contributed by atoms with E-state index in [0.717, 1.165) is 27.1 Å².